The van der Waals surface area contributed by atoms with E-state index >= 15 is 0 Å². The van der Waals surface area contributed by atoms with Crippen LogP contribution in [0.5, 0.6) is 0 Å². The van der Waals surface area contributed by atoms with Gasteiger partial charge in [0, 0.05) is 38.8 Å². The lowest BCUT2D eigenvalue weighted by atomic mass is 10.1. The lowest BCUT2D eigenvalue weighted by Crippen LogP contribution is -2.45. The van der Waals surface area contributed by atoms with E-state index in [2.05, 4.69) is 72.0 Å². The molecule has 1 aromatic heterocycles. The molecule has 0 fully saturated rings. The van der Waals surface area contributed by atoms with Gasteiger partial charge in [0.05, 0.1) is 0 Å². The Morgan fingerprint density at radius 1 is 1.18 bits per heavy atom. The lowest BCUT2D eigenvalue weighted by Gasteiger charge is -2.30. The van der Waals surface area contributed by atoms with Crippen LogP contribution in [0.2, 0.25) is 0 Å². The topological polar surface area (TPSA) is 39.7 Å². The van der Waals surface area contributed by atoms with Crippen molar-refractivity contribution in [1.29, 1.82) is 0 Å². The van der Waals surface area contributed by atoms with Gasteiger partial charge in [0.25, 0.3) is 0 Å². The zero-order valence-electron chi connectivity index (χ0n) is 14.9. The lowest BCUT2D eigenvalue weighted by molar-refractivity contribution is 0.178. The molecule has 22 heavy (non-hydrogen) atoms. The molecular weight excluding hydrogens is 292 g/mol. The first kappa shape index (κ1) is 19.0. The Labute approximate surface area is 140 Å². The molecule has 0 amide bonds. The summed E-state index contributed by atoms with van der Waals surface area (Å²) in [6.07, 6.45) is 0. The zero-order valence-corrected chi connectivity index (χ0v) is 15.7. The van der Waals surface area contributed by atoms with E-state index in [-0.39, 0.29) is 0 Å². The van der Waals surface area contributed by atoms with Crippen LogP contribution in [0.1, 0.15) is 46.1 Å². The van der Waals surface area contributed by atoms with Crippen LogP contribution in [0.3, 0.4) is 0 Å². The molecule has 2 N–H and O–H groups in total. The van der Waals surface area contributed by atoms with Crippen molar-refractivity contribution in [2.45, 2.75) is 52.6 Å². The highest BCUT2D eigenvalue weighted by molar-refractivity contribution is 7.07. The first-order valence-electron chi connectivity index (χ1n) is 8.18. The van der Waals surface area contributed by atoms with E-state index in [0.29, 0.717) is 18.0 Å². The first-order chi connectivity index (χ1) is 10.5. The number of nitrogens with one attached hydrogen (secondary N) is 2. The predicted molar refractivity (Wildman–Crippen MR) is 99.1 cm³/mol. The van der Waals surface area contributed by atoms with Crippen molar-refractivity contribution in [2.75, 3.05) is 26.7 Å². The maximum atomic E-state index is 4.31. The van der Waals surface area contributed by atoms with E-state index in [1.54, 1.807) is 11.3 Å². The SMILES string of the molecule is CN=C(NCCN(C(C)C)C(C)C)NCC(C)c1ccsc1. The molecule has 1 atom stereocenters. The van der Waals surface area contributed by atoms with Gasteiger partial charge in [-0.05, 0) is 56.0 Å². The van der Waals surface area contributed by atoms with Crippen molar-refractivity contribution in [3.63, 3.8) is 0 Å². The van der Waals surface area contributed by atoms with E-state index < -0.39 is 0 Å². The van der Waals surface area contributed by atoms with Gasteiger partial charge in [-0.3, -0.25) is 9.89 Å². The number of nitrogens with zero attached hydrogens (tertiary/aromatic N) is 2. The number of guanidine groups is 1. The monoisotopic (exact) mass is 324 g/mol. The number of hydrogen-bond acceptors (Lipinski definition) is 3. The molecule has 0 aliphatic rings. The maximum absolute atomic E-state index is 4.31. The summed E-state index contributed by atoms with van der Waals surface area (Å²) in [5.41, 5.74) is 1.39. The number of hydrogen-bond donors (Lipinski definition) is 2. The second-order valence-electron chi connectivity index (χ2n) is 6.26. The second kappa shape index (κ2) is 9.85. The molecule has 0 spiro atoms. The molecule has 1 heterocycles. The van der Waals surface area contributed by atoms with Gasteiger partial charge in [-0.1, -0.05) is 6.92 Å². The summed E-state index contributed by atoms with van der Waals surface area (Å²) in [5.74, 6) is 1.38. The van der Waals surface area contributed by atoms with Crippen molar-refractivity contribution >= 4 is 17.3 Å². The smallest absolute Gasteiger partial charge is 0.191 e. The van der Waals surface area contributed by atoms with Crippen LogP contribution in [0.25, 0.3) is 0 Å². The minimum Gasteiger partial charge on any atom is -0.356 e. The van der Waals surface area contributed by atoms with E-state index in [0.717, 1.165) is 25.6 Å². The fraction of sp³-hybridized carbons (Fsp3) is 0.706. The predicted octanol–water partition coefficient (Wildman–Crippen LogP) is 3.14. The highest BCUT2D eigenvalue weighted by atomic mass is 32.1. The molecule has 5 heteroatoms. The molecule has 0 bridgehead atoms. The Balaban J connectivity index is 2.33. The van der Waals surface area contributed by atoms with Crippen LogP contribution in [-0.2, 0) is 0 Å². The van der Waals surface area contributed by atoms with Gasteiger partial charge in [-0.15, -0.1) is 0 Å². The molecule has 4 nitrogen and oxygen atoms in total. The molecule has 1 aromatic rings. The molecule has 0 saturated heterocycles. The summed E-state index contributed by atoms with van der Waals surface area (Å²) in [6, 6.07) is 3.32. The maximum Gasteiger partial charge on any atom is 0.191 e. The summed E-state index contributed by atoms with van der Waals surface area (Å²) in [4.78, 5) is 6.79. The molecule has 0 aromatic carbocycles. The number of rotatable bonds is 8. The van der Waals surface area contributed by atoms with E-state index in [9.17, 15) is 0 Å². The van der Waals surface area contributed by atoms with Crippen molar-refractivity contribution in [1.82, 2.24) is 15.5 Å². The van der Waals surface area contributed by atoms with Gasteiger partial charge < -0.3 is 10.6 Å². The van der Waals surface area contributed by atoms with E-state index in [1.807, 2.05) is 7.05 Å². The minimum absolute atomic E-state index is 0.493. The third kappa shape index (κ3) is 6.36. The summed E-state index contributed by atoms with van der Waals surface area (Å²) in [6.45, 7) is 14.0. The van der Waals surface area contributed by atoms with Gasteiger partial charge in [0.2, 0.25) is 0 Å². The Morgan fingerprint density at radius 3 is 2.36 bits per heavy atom. The molecule has 126 valence electrons. The largest absolute Gasteiger partial charge is 0.356 e. The molecular formula is C17H32N4S. The number of aliphatic imine (C=N–C) groups is 1. The zero-order chi connectivity index (χ0) is 16.5. The average molecular weight is 325 g/mol. The fourth-order valence-electron chi connectivity index (χ4n) is 2.56. The molecule has 0 radical (unpaired) electrons. The number of thiophene rings is 1. The van der Waals surface area contributed by atoms with Crippen LogP contribution in [0.15, 0.2) is 21.8 Å². The van der Waals surface area contributed by atoms with Crippen molar-refractivity contribution < 1.29 is 0 Å². The summed E-state index contributed by atoms with van der Waals surface area (Å²) < 4.78 is 0. The Bertz CT molecular complexity index is 418. The molecule has 0 saturated carbocycles. The highest BCUT2D eigenvalue weighted by Crippen LogP contribution is 2.16. The van der Waals surface area contributed by atoms with Gasteiger partial charge in [0.15, 0.2) is 5.96 Å². The molecule has 1 rings (SSSR count). The Kier molecular flexibility index (Phi) is 8.49. The van der Waals surface area contributed by atoms with Gasteiger partial charge >= 0.3 is 0 Å². The van der Waals surface area contributed by atoms with E-state index in [1.165, 1.54) is 5.56 Å². The average Bonchev–Trinajstić information content (AvgIpc) is 2.99. The highest BCUT2D eigenvalue weighted by Gasteiger charge is 2.13. The van der Waals surface area contributed by atoms with Crippen molar-refractivity contribution in [3.05, 3.63) is 22.4 Å². The van der Waals surface area contributed by atoms with Gasteiger partial charge in [0.1, 0.15) is 0 Å². The van der Waals surface area contributed by atoms with Gasteiger partial charge in [-0.2, -0.15) is 11.3 Å². The van der Waals surface area contributed by atoms with Crippen LogP contribution in [-0.4, -0.2) is 49.6 Å². The normalized spacial score (nSPS) is 14.0. The fourth-order valence-corrected chi connectivity index (χ4v) is 3.34. The summed E-state index contributed by atoms with van der Waals surface area (Å²) in [5, 5.41) is 11.2. The second-order valence-corrected chi connectivity index (χ2v) is 7.04. The van der Waals surface area contributed by atoms with Gasteiger partial charge in [-0.25, -0.2) is 0 Å². The van der Waals surface area contributed by atoms with Crippen LogP contribution < -0.4 is 10.6 Å². The van der Waals surface area contributed by atoms with Crippen LogP contribution in [0.4, 0.5) is 0 Å². The first-order valence-corrected chi connectivity index (χ1v) is 9.12. The Hall–Kier alpha value is -1.07. The van der Waals surface area contributed by atoms with Crippen molar-refractivity contribution in [2.24, 2.45) is 4.99 Å². The van der Waals surface area contributed by atoms with Crippen LogP contribution >= 0.6 is 11.3 Å². The van der Waals surface area contributed by atoms with Crippen molar-refractivity contribution in [3.8, 4) is 0 Å². The standard InChI is InChI=1S/C17H32N4S/c1-13(2)21(14(3)4)9-8-19-17(18-6)20-11-15(5)16-7-10-22-12-16/h7,10,12-15H,8-9,11H2,1-6H3,(H2,18,19,20). The minimum atomic E-state index is 0.493. The summed E-state index contributed by atoms with van der Waals surface area (Å²) in [7, 11) is 1.83. The third-order valence-corrected chi connectivity index (χ3v) is 4.60. The summed E-state index contributed by atoms with van der Waals surface area (Å²) >= 11 is 1.75. The molecule has 0 aliphatic carbocycles. The molecule has 0 aliphatic heterocycles. The quantitative estimate of drug-likeness (QED) is 0.570. The van der Waals surface area contributed by atoms with E-state index in [4.69, 9.17) is 0 Å². The van der Waals surface area contributed by atoms with Crippen LogP contribution in [0, 0.1) is 0 Å². The Morgan fingerprint density at radius 2 is 1.86 bits per heavy atom. The molecule has 1 unspecified atom stereocenters. The third-order valence-electron chi connectivity index (χ3n) is 3.90.